The lowest BCUT2D eigenvalue weighted by atomic mass is 10.0. The van der Waals surface area contributed by atoms with Crippen LogP contribution < -0.4 is 14.2 Å². The summed E-state index contributed by atoms with van der Waals surface area (Å²) in [6.07, 6.45) is 0.185. The summed E-state index contributed by atoms with van der Waals surface area (Å²) in [5.74, 6) is 1.23. The fraction of sp³-hybridized carbons (Fsp3) is 0.533. The molecule has 0 amide bonds. The van der Waals surface area contributed by atoms with Gasteiger partial charge in [-0.05, 0) is 24.5 Å². The van der Waals surface area contributed by atoms with Crippen molar-refractivity contribution in [3.05, 3.63) is 17.7 Å². The standard InChI is InChI=1S/C15H22O6/c1-18-12-8-6-10(14(20-3)15(12)21-4)5-7-11(16)9-13(17)19-2/h6,8,11,16H,5,7,9H2,1-4H3/t11-/m0/s1. The fourth-order valence-electron chi connectivity index (χ4n) is 2.06. The van der Waals surface area contributed by atoms with Crippen molar-refractivity contribution in [3.8, 4) is 17.2 Å². The molecule has 0 radical (unpaired) electrons. The summed E-state index contributed by atoms with van der Waals surface area (Å²) < 4.78 is 20.4. The molecule has 0 saturated heterocycles. The smallest absolute Gasteiger partial charge is 0.308 e. The molecule has 6 heteroatoms. The lowest BCUT2D eigenvalue weighted by molar-refractivity contribution is -0.142. The number of methoxy groups -OCH3 is 4. The Balaban J connectivity index is 2.81. The Kier molecular flexibility index (Phi) is 6.81. The van der Waals surface area contributed by atoms with Crippen molar-refractivity contribution < 1.29 is 28.8 Å². The molecule has 0 fully saturated rings. The van der Waals surface area contributed by atoms with Crippen LogP contribution in [-0.4, -0.2) is 45.6 Å². The summed E-state index contributed by atoms with van der Waals surface area (Å²) >= 11 is 0. The Hall–Kier alpha value is -1.95. The van der Waals surface area contributed by atoms with Gasteiger partial charge in [0.15, 0.2) is 11.5 Å². The minimum absolute atomic E-state index is 0.0217. The molecule has 0 aromatic heterocycles. The molecule has 0 aliphatic carbocycles. The summed E-state index contributed by atoms with van der Waals surface area (Å²) in [5, 5.41) is 9.81. The van der Waals surface area contributed by atoms with E-state index in [1.54, 1.807) is 20.3 Å². The van der Waals surface area contributed by atoms with E-state index < -0.39 is 12.1 Å². The number of aliphatic hydroxyl groups excluding tert-OH is 1. The molecule has 6 nitrogen and oxygen atoms in total. The Morgan fingerprint density at radius 1 is 1.10 bits per heavy atom. The van der Waals surface area contributed by atoms with Crippen molar-refractivity contribution in [2.24, 2.45) is 0 Å². The van der Waals surface area contributed by atoms with Crippen molar-refractivity contribution in [2.75, 3.05) is 28.4 Å². The number of aliphatic hydroxyl groups is 1. The summed E-state index contributed by atoms with van der Waals surface area (Å²) in [6.45, 7) is 0. The fourth-order valence-corrected chi connectivity index (χ4v) is 2.06. The molecule has 1 atom stereocenters. The van der Waals surface area contributed by atoms with Crippen LogP contribution in [0.5, 0.6) is 17.2 Å². The topological polar surface area (TPSA) is 74.2 Å². The van der Waals surface area contributed by atoms with Crippen LogP contribution in [0.15, 0.2) is 12.1 Å². The number of esters is 1. The van der Waals surface area contributed by atoms with Crippen molar-refractivity contribution in [1.82, 2.24) is 0 Å². The second-order valence-corrected chi connectivity index (χ2v) is 4.47. The third kappa shape index (κ3) is 4.53. The molecule has 1 N–H and O–H groups in total. The molecule has 1 aromatic carbocycles. The average molecular weight is 298 g/mol. The maximum absolute atomic E-state index is 11.1. The lowest BCUT2D eigenvalue weighted by Crippen LogP contribution is -2.15. The van der Waals surface area contributed by atoms with Gasteiger partial charge in [-0.25, -0.2) is 0 Å². The molecular weight excluding hydrogens is 276 g/mol. The molecule has 1 aromatic rings. The molecule has 0 saturated carbocycles. The van der Waals surface area contributed by atoms with Gasteiger partial charge in [0.05, 0.1) is 41.0 Å². The minimum Gasteiger partial charge on any atom is -0.493 e. The number of aryl methyl sites for hydroxylation is 1. The van der Waals surface area contributed by atoms with Crippen LogP contribution in [0.2, 0.25) is 0 Å². The zero-order chi connectivity index (χ0) is 15.8. The minimum atomic E-state index is -0.754. The number of ether oxygens (including phenoxy) is 4. The van der Waals surface area contributed by atoms with E-state index in [1.807, 2.05) is 6.07 Å². The summed E-state index contributed by atoms with van der Waals surface area (Å²) in [4.78, 5) is 11.1. The summed E-state index contributed by atoms with van der Waals surface area (Å²) in [5.41, 5.74) is 0.874. The second kappa shape index (κ2) is 8.36. The highest BCUT2D eigenvalue weighted by molar-refractivity contribution is 5.69. The zero-order valence-corrected chi connectivity index (χ0v) is 12.8. The first kappa shape index (κ1) is 17.1. The average Bonchev–Trinajstić information content (AvgIpc) is 2.51. The van der Waals surface area contributed by atoms with E-state index in [4.69, 9.17) is 14.2 Å². The van der Waals surface area contributed by atoms with Crippen molar-refractivity contribution in [3.63, 3.8) is 0 Å². The third-order valence-corrected chi connectivity index (χ3v) is 3.16. The van der Waals surface area contributed by atoms with Gasteiger partial charge < -0.3 is 24.1 Å². The van der Waals surface area contributed by atoms with E-state index in [9.17, 15) is 9.90 Å². The van der Waals surface area contributed by atoms with E-state index in [-0.39, 0.29) is 6.42 Å². The van der Waals surface area contributed by atoms with Gasteiger partial charge in [-0.3, -0.25) is 4.79 Å². The normalized spacial score (nSPS) is 11.7. The number of benzene rings is 1. The molecule has 0 spiro atoms. The first-order chi connectivity index (χ1) is 10.1. The van der Waals surface area contributed by atoms with Crippen molar-refractivity contribution >= 4 is 5.97 Å². The van der Waals surface area contributed by atoms with Crippen LogP contribution in [0.25, 0.3) is 0 Å². The first-order valence-corrected chi connectivity index (χ1v) is 6.60. The van der Waals surface area contributed by atoms with Crippen LogP contribution in [0.3, 0.4) is 0 Å². The number of carbonyl (C=O) groups excluding carboxylic acids is 1. The van der Waals surface area contributed by atoms with Gasteiger partial charge in [0.2, 0.25) is 5.75 Å². The van der Waals surface area contributed by atoms with E-state index in [1.165, 1.54) is 14.2 Å². The predicted octanol–water partition coefficient (Wildman–Crippen LogP) is 1.57. The molecule has 0 aliphatic heterocycles. The van der Waals surface area contributed by atoms with Gasteiger partial charge in [0, 0.05) is 0 Å². The van der Waals surface area contributed by atoms with E-state index in [2.05, 4.69) is 4.74 Å². The molecule has 0 bridgehead atoms. The molecule has 21 heavy (non-hydrogen) atoms. The third-order valence-electron chi connectivity index (χ3n) is 3.16. The highest BCUT2D eigenvalue weighted by Gasteiger charge is 2.17. The van der Waals surface area contributed by atoms with Crippen LogP contribution in [0, 0.1) is 0 Å². The lowest BCUT2D eigenvalue weighted by Gasteiger charge is -2.16. The monoisotopic (exact) mass is 298 g/mol. The highest BCUT2D eigenvalue weighted by Crippen LogP contribution is 2.40. The molecule has 0 aliphatic rings. The first-order valence-electron chi connectivity index (χ1n) is 6.60. The Bertz CT molecular complexity index is 471. The van der Waals surface area contributed by atoms with Gasteiger partial charge >= 0.3 is 5.97 Å². The molecule has 1 rings (SSSR count). The Morgan fingerprint density at radius 3 is 2.29 bits per heavy atom. The SMILES string of the molecule is COC(=O)C[C@@H](O)CCc1ccc(OC)c(OC)c1OC. The van der Waals surface area contributed by atoms with Crippen LogP contribution >= 0.6 is 0 Å². The van der Waals surface area contributed by atoms with E-state index >= 15 is 0 Å². The van der Waals surface area contributed by atoms with Gasteiger partial charge in [0.25, 0.3) is 0 Å². The number of hydrogen-bond donors (Lipinski definition) is 1. The number of hydrogen-bond acceptors (Lipinski definition) is 6. The molecule has 118 valence electrons. The highest BCUT2D eigenvalue weighted by atomic mass is 16.5. The van der Waals surface area contributed by atoms with E-state index in [0.717, 1.165) is 5.56 Å². The summed E-state index contributed by atoms with van der Waals surface area (Å²) in [6, 6.07) is 3.63. The summed E-state index contributed by atoms with van der Waals surface area (Å²) in [7, 11) is 5.94. The zero-order valence-electron chi connectivity index (χ0n) is 12.8. The van der Waals surface area contributed by atoms with Crippen LogP contribution in [0.1, 0.15) is 18.4 Å². The van der Waals surface area contributed by atoms with E-state index in [0.29, 0.717) is 30.1 Å². The molecular formula is C15H22O6. The Morgan fingerprint density at radius 2 is 1.76 bits per heavy atom. The number of carbonyl (C=O) groups is 1. The van der Waals surface area contributed by atoms with Crippen LogP contribution in [-0.2, 0) is 16.0 Å². The van der Waals surface area contributed by atoms with Crippen LogP contribution in [0.4, 0.5) is 0 Å². The quantitative estimate of drug-likeness (QED) is 0.734. The maximum Gasteiger partial charge on any atom is 0.308 e. The second-order valence-electron chi connectivity index (χ2n) is 4.47. The van der Waals surface area contributed by atoms with Crippen molar-refractivity contribution in [1.29, 1.82) is 0 Å². The van der Waals surface area contributed by atoms with Gasteiger partial charge in [-0.1, -0.05) is 6.07 Å². The molecule has 0 heterocycles. The van der Waals surface area contributed by atoms with Crippen molar-refractivity contribution in [2.45, 2.75) is 25.4 Å². The molecule has 0 unspecified atom stereocenters. The Labute approximate surface area is 124 Å². The maximum atomic E-state index is 11.1. The van der Waals surface area contributed by atoms with Gasteiger partial charge in [-0.15, -0.1) is 0 Å². The number of rotatable bonds is 8. The van der Waals surface area contributed by atoms with Gasteiger partial charge in [-0.2, -0.15) is 0 Å². The largest absolute Gasteiger partial charge is 0.493 e. The predicted molar refractivity (Wildman–Crippen MR) is 77.1 cm³/mol. The van der Waals surface area contributed by atoms with Gasteiger partial charge in [0.1, 0.15) is 0 Å².